The molecule has 10 nitrogen and oxygen atoms in total. The fraction of sp³-hybridized carbons (Fsp3) is 0.368. The maximum atomic E-state index is 13.8. The van der Waals surface area contributed by atoms with Crippen LogP contribution < -0.4 is 16.1 Å². The van der Waals surface area contributed by atoms with Gasteiger partial charge < -0.3 is 4.98 Å². The zero-order valence-electron chi connectivity index (χ0n) is 17.4. The van der Waals surface area contributed by atoms with Crippen molar-refractivity contribution in [1.29, 1.82) is 0 Å². The molecule has 2 N–H and O–H groups in total. The van der Waals surface area contributed by atoms with Crippen LogP contribution in [-0.2, 0) is 14.8 Å². The SMILES string of the molecule is CCC(=O)CS(=O)(=O)Nn1c(=O)[nH]c2cc(C(F)F)c(-c3ccnn3C(C)C)cc2c1=O. The number of Topliss-reactive ketones (excluding diaryl/α,β-unsaturated/α-hetero) is 1. The lowest BCUT2D eigenvalue weighted by atomic mass is 10.0. The summed E-state index contributed by atoms with van der Waals surface area (Å²) in [5.74, 6) is -1.54. The molecule has 13 heteroatoms. The zero-order chi connectivity index (χ0) is 23.8. The average molecular weight is 469 g/mol. The van der Waals surface area contributed by atoms with E-state index in [0.29, 0.717) is 5.69 Å². The number of aromatic nitrogens is 4. The molecule has 0 saturated carbocycles. The Bertz CT molecular complexity index is 1410. The first-order valence-corrected chi connectivity index (χ1v) is 11.3. The van der Waals surface area contributed by atoms with E-state index in [4.69, 9.17) is 0 Å². The van der Waals surface area contributed by atoms with E-state index < -0.39 is 44.8 Å². The summed E-state index contributed by atoms with van der Waals surface area (Å²) >= 11 is 0. The van der Waals surface area contributed by atoms with E-state index in [9.17, 15) is 31.6 Å². The summed E-state index contributed by atoms with van der Waals surface area (Å²) in [6, 6.07) is 3.48. The second-order valence-corrected chi connectivity index (χ2v) is 9.05. The molecule has 1 aromatic carbocycles. The van der Waals surface area contributed by atoms with Gasteiger partial charge in [0.05, 0.1) is 16.6 Å². The van der Waals surface area contributed by atoms with E-state index in [1.54, 1.807) is 18.7 Å². The van der Waals surface area contributed by atoms with Crippen LogP contribution in [-0.4, -0.2) is 39.4 Å². The molecular weight excluding hydrogens is 448 g/mol. The standard InChI is InChI=1S/C19H21F2N5O5S/c1-4-11(27)9-32(30,31)24-26-18(28)14-7-12(16-5-6-22-25(16)10(2)3)13(17(20)21)8-15(14)23-19(26)29/h5-8,10,17,24H,4,9H2,1-3H3,(H,23,29). The Morgan fingerprint density at radius 1 is 1.25 bits per heavy atom. The van der Waals surface area contributed by atoms with Crippen LogP contribution in [0.2, 0.25) is 0 Å². The van der Waals surface area contributed by atoms with E-state index in [1.165, 1.54) is 23.9 Å². The minimum Gasteiger partial charge on any atom is -0.305 e. The number of carbonyl (C=O) groups excluding carboxylic acids is 1. The van der Waals surface area contributed by atoms with Gasteiger partial charge in [0.2, 0.25) is 0 Å². The van der Waals surface area contributed by atoms with Crippen LogP contribution in [0.1, 0.15) is 45.2 Å². The van der Waals surface area contributed by atoms with Gasteiger partial charge in [-0.1, -0.05) is 6.92 Å². The molecule has 0 fully saturated rings. The predicted molar refractivity (Wildman–Crippen MR) is 114 cm³/mol. The van der Waals surface area contributed by atoms with Crippen molar-refractivity contribution in [3.63, 3.8) is 0 Å². The van der Waals surface area contributed by atoms with Crippen molar-refractivity contribution in [1.82, 2.24) is 19.4 Å². The van der Waals surface area contributed by atoms with E-state index in [2.05, 4.69) is 10.1 Å². The van der Waals surface area contributed by atoms with Gasteiger partial charge in [0.15, 0.2) is 0 Å². The van der Waals surface area contributed by atoms with E-state index in [-0.39, 0.29) is 33.6 Å². The van der Waals surface area contributed by atoms with E-state index >= 15 is 0 Å². The highest BCUT2D eigenvalue weighted by Crippen LogP contribution is 2.34. The number of benzene rings is 1. The number of hydrogen-bond acceptors (Lipinski definition) is 6. The monoisotopic (exact) mass is 469 g/mol. The lowest BCUT2D eigenvalue weighted by molar-refractivity contribution is -0.116. The van der Waals surface area contributed by atoms with Gasteiger partial charge in [-0.05, 0) is 32.0 Å². The number of aromatic amines is 1. The molecule has 172 valence electrons. The molecular formula is C19H21F2N5O5S. The Balaban J connectivity index is 2.25. The Morgan fingerprint density at radius 2 is 1.94 bits per heavy atom. The second kappa shape index (κ2) is 8.65. The summed E-state index contributed by atoms with van der Waals surface area (Å²) in [6.07, 6.45) is -1.54. The number of alkyl halides is 2. The van der Waals surface area contributed by atoms with E-state index in [0.717, 1.165) is 12.1 Å². The molecule has 0 saturated heterocycles. The number of halogens is 2. The van der Waals surface area contributed by atoms with Crippen LogP contribution in [0.4, 0.5) is 8.78 Å². The van der Waals surface area contributed by atoms with Crippen LogP contribution in [0.15, 0.2) is 34.0 Å². The first-order valence-electron chi connectivity index (χ1n) is 9.62. The van der Waals surface area contributed by atoms with Crippen LogP contribution in [0, 0.1) is 0 Å². The van der Waals surface area contributed by atoms with Crippen molar-refractivity contribution < 1.29 is 22.0 Å². The first kappa shape index (κ1) is 23.3. The predicted octanol–water partition coefficient (Wildman–Crippen LogP) is 1.92. The largest absolute Gasteiger partial charge is 0.348 e. The van der Waals surface area contributed by atoms with Gasteiger partial charge in [0.1, 0.15) is 11.5 Å². The molecule has 0 aliphatic heterocycles. The Kier molecular flexibility index (Phi) is 6.30. The van der Waals surface area contributed by atoms with Gasteiger partial charge in [-0.2, -0.15) is 9.77 Å². The number of rotatable bonds is 8. The maximum Gasteiger partial charge on any atom is 0.348 e. The molecule has 2 heterocycles. The topological polar surface area (TPSA) is 136 Å². The third-order valence-electron chi connectivity index (χ3n) is 4.71. The normalized spacial score (nSPS) is 12.1. The molecule has 3 aromatic rings. The summed E-state index contributed by atoms with van der Waals surface area (Å²) in [6.45, 7) is 5.07. The first-order chi connectivity index (χ1) is 14.9. The summed E-state index contributed by atoms with van der Waals surface area (Å²) in [5, 5.41) is 3.91. The fourth-order valence-electron chi connectivity index (χ4n) is 3.19. The Hall–Kier alpha value is -3.35. The number of sulfonamides is 1. The van der Waals surface area contributed by atoms with Gasteiger partial charge in [-0.15, -0.1) is 0 Å². The molecule has 0 aliphatic carbocycles. The molecule has 0 radical (unpaired) electrons. The molecule has 0 amide bonds. The zero-order valence-corrected chi connectivity index (χ0v) is 18.2. The van der Waals surface area contributed by atoms with Crippen LogP contribution in [0.5, 0.6) is 0 Å². The van der Waals surface area contributed by atoms with Gasteiger partial charge in [0.25, 0.3) is 22.0 Å². The van der Waals surface area contributed by atoms with Crippen LogP contribution in [0.3, 0.4) is 0 Å². The molecule has 0 aliphatic rings. The highest BCUT2D eigenvalue weighted by atomic mass is 32.2. The number of nitrogens with one attached hydrogen (secondary N) is 2. The summed E-state index contributed by atoms with van der Waals surface area (Å²) in [4.78, 5) is 40.8. The van der Waals surface area contributed by atoms with Gasteiger partial charge in [-0.25, -0.2) is 26.8 Å². The summed E-state index contributed by atoms with van der Waals surface area (Å²) in [7, 11) is -4.34. The van der Waals surface area contributed by atoms with Crippen LogP contribution in [0.25, 0.3) is 22.2 Å². The van der Waals surface area contributed by atoms with Crippen molar-refractivity contribution >= 4 is 26.7 Å². The minimum atomic E-state index is -4.34. The van der Waals surface area contributed by atoms with Crippen LogP contribution >= 0.6 is 0 Å². The highest BCUT2D eigenvalue weighted by molar-refractivity contribution is 7.93. The quantitative estimate of drug-likeness (QED) is 0.517. The van der Waals surface area contributed by atoms with E-state index in [1.807, 2.05) is 0 Å². The second-order valence-electron chi connectivity index (χ2n) is 7.35. The Labute approximate surface area is 180 Å². The third-order valence-corrected chi connectivity index (χ3v) is 5.88. The number of ketones is 1. The number of fused-ring (bicyclic) bond motifs is 1. The molecule has 3 rings (SSSR count). The number of nitrogens with zero attached hydrogens (tertiary/aromatic N) is 3. The number of hydrogen-bond donors (Lipinski definition) is 2. The van der Waals surface area contributed by atoms with Crippen molar-refractivity contribution in [2.75, 3.05) is 10.6 Å². The number of carbonyl (C=O) groups is 1. The molecule has 0 spiro atoms. The highest BCUT2D eigenvalue weighted by Gasteiger charge is 2.23. The molecule has 32 heavy (non-hydrogen) atoms. The molecule has 0 atom stereocenters. The fourth-order valence-corrected chi connectivity index (χ4v) is 4.33. The third kappa shape index (κ3) is 4.47. The van der Waals surface area contributed by atoms with Gasteiger partial charge >= 0.3 is 5.69 Å². The maximum absolute atomic E-state index is 13.8. The average Bonchev–Trinajstić information content (AvgIpc) is 3.20. The summed E-state index contributed by atoms with van der Waals surface area (Å²) in [5.41, 5.74) is -2.54. The lowest BCUT2D eigenvalue weighted by Crippen LogP contribution is -2.44. The smallest absolute Gasteiger partial charge is 0.305 e. The molecule has 0 bridgehead atoms. The van der Waals surface area contributed by atoms with Gasteiger partial charge in [0, 0.05) is 29.8 Å². The minimum absolute atomic E-state index is 0.0124. The Morgan fingerprint density at radius 3 is 2.53 bits per heavy atom. The van der Waals surface area contributed by atoms with Crippen molar-refractivity contribution in [2.24, 2.45) is 0 Å². The van der Waals surface area contributed by atoms with Crippen molar-refractivity contribution in [2.45, 2.75) is 39.7 Å². The van der Waals surface area contributed by atoms with Gasteiger partial charge in [-0.3, -0.25) is 14.3 Å². The molecule has 0 unspecified atom stereocenters. The molecule has 2 aromatic heterocycles. The van der Waals surface area contributed by atoms with Crippen molar-refractivity contribution in [3.05, 3.63) is 50.8 Å². The summed E-state index contributed by atoms with van der Waals surface area (Å²) < 4.78 is 53.7. The lowest BCUT2D eigenvalue weighted by Gasteiger charge is -2.16. The van der Waals surface area contributed by atoms with Crippen molar-refractivity contribution in [3.8, 4) is 11.3 Å². The number of H-pyrrole nitrogens is 1.